The molecule has 8 nitrogen and oxygen atoms in total. The van der Waals surface area contributed by atoms with E-state index in [0.717, 1.165) is 5.56 Å². The number of hydrogen-bond acceptors (Lipinski definition) is 5. The molecule has 2 aromatic carbocycles. The van der Waals surface area contributed by atoms with Crippen molar-refractivity contribution in [2.75, 3.05) is 24.4 Å². The highest BCUT2D eigenvalue weighted by Crippen LogP contribution is 2.18. The molecule has 9 heteroatoms. The maximum Gasteiger partial charge on any atom is 0.330 e. The third kappa shape index (κ3) is 5.92. The van der Waals surface area contributed by atoms with E-state index in [4.69, 9.17) is 4.74 Å². The Bertz CT molecular complexity index is 1170. The fourth-order valence-electron chi connectivity index (χ4n) is 3.19. The number of amides is 1. The molecular formula is C23H25FN4O4. The summed E-state index contributed by atoms with van der Waals surface area (Å²) in [5.41, 5.74) is 0.0700. The lowest BCUT2D eigenvalue weighted by Gasteiger charge is -2.18. The third-order valence-electron chi connectivity index (χ3n) is 4.87. The van der Waals surface area contributed by atoms with E-state index < -0.39 is 23.0 Å². The zero-order valence-electron chi connectivity index (χ0n) is 17.7. The van der Waals surface area contributed by atoms with Crippen molar-refractivity contribution >= 4 is 17.4 Å². The van der Waals surface area contributed by atoms with Crippen LogP contribution in [0.3, 0.4) is 0 Å². The SMILES string of the molecule is COCCn1c(NC(=O)CCc2ccccc2F)c(NCc2ccccc2)c(=O)[nH]c1=O. The van der Waals surface area contributed by atoms with Crippen LogP contribution in [0, 0.1) is 5.82 Å². The highest BCUT2D eigenvalue weighted by atomic mass is 19.1. The lowest BCUT2D eigenvalue weighted by Crippen LogP contribution is -2.36. The Morgan fingerprint density at radius 3 is 2.53 bits per heavy atom. The summed E-state index contributed by atoms with van der Waals surface area (Å²) in [7, 11) is 1.48. The number of ether oxygens (including phenoxy) is 1. The number of carbonyl (C=O) groups is 1. The monoisotopic (exact) mass is 440 g/mol. The molecule has 3 N–H and O–H groups in total. The molecular weight excluding hydrogens is 415 g/mol. The average Bonchev–Trinajstić information content (AvgIpc) is 2.78. The molecule has 0 unspecified atom stereocenters. The number of aromatic nitrogens is 2. The van der Waals surface area contributed by atoms with Crippen molar-refractivity contribution in [2.24, 2.45) is 0 Å². The van der Waals surface area contributed by atoms with Crippen LogP contribution < -0.4 is 21.9 Å². The number of nitrogens with one attached hydrogen (secondary N) is 3. The summed E-state index contributed by atoms with van der Waals surface area (Å²) in [6.07, 6.45) is 0.154. The van der Waals surface area contributed by atoms with Gasteiger partial charge in [-0.2, -0.15) is 0 Å². The summed E-state index contributed by atoms with van der Waals surface area (Å²) in [5, 5.41) is 5.67. The molecule has 32 heavy (non-hydrogen) atoms. The normalized spacial score (nSPS) is 10.7. The molecule has 0 fully saturated rings. The van der Waals surface area contributed by atoms with E-state index in [0.29, 0.717) is 12.1 Å². The molecule has 1 heterocycles. The summed E-state index contributed by atoms with van der Waals surface area (Å²) in [6.45, 7) is 0.627. The Labute approximate surface area is 184 Å². The van der Waals surface area contributed by atoms with E-state index >= 15 is 0 Å². The number of carbonyl (C=O) groups excluding carboxylic acids is 1. The van der Waals surface area contributed by atoms with Gasteiger partial charge in [-0.1, -0.05) is 48.5 Å². The number of nitrogens with zero attached hydrogens (tertiary/aromatic N) is 1. The highest BCUT2D eigenvalue weighted by molar-refractivity contribution is 5.93. The fraction of sp³-hybridized carbons (Fsp3) is 0.261. The first kappa shape index (κ1) is 23.0. The first-order chi connectivity index (χ1) is 15.5. The van der Waals surface area contributed by atoms with Gasteiger partial charge in [0.25, 0.3) is 5.56 Å². The molecule has 1 aromatic heterocycles. The Balaban J connectivity index is 1.86. The lowest BCUT2D eigenvalue weighted by atomic mass is 10.1. The molecule has 0 aliphatic heterocycles. The average molecular weight is 440 g/mol. The number of methoxy groups -OCH3 is 1. The van der Waals surface area contributed by atoms with Crippen LogP contribution in [0.5, 0.6) is 0 Å². The second-order valence-electron chi connectivity index (χ2n) is 7.11. The second kappa shape index (κ2) is 11.1. The van der Waals surface area contributed by atoms with E-state index in [9.17, 15) is 18.8 Å². The smallest absolute Gasteiger partial charge is 0.330 e. The molecule has 3 aromatic rings. The molecule has 0 atom stereocenters. The van der Waals surface area contributed by atoms with E-state index in [1.807, 2.05) is 30.3 Å². The molecule has 168 valence electrons. The standard InChI is InChI=1S/C23H25FN4O4/c1-32-14-13-28-21(26-19(29)12-11-17-9-5-6-10-18(17)24)20(22(30)27-23(28)31)25-15-16-7-3-2-4-8-16/h2-10,25H,11-15H2,1H3,(H,26,29)(H,27,30,31). The van der Waals surface area contributed by atoms with E-state index in [1.54, 1.807) is 18.2 Å². The highest BCUT2D eigenvalue weighted by Gasteiger charge is 2.18. The first-order valence-electron chi connectivity index (χ1n) is 10.2. The summed E-state index contributed by atoms with van der Waals surface area (Å²) in [5.74, 6) is -0.795. The molecule has 0 radical (unpaired) electrons. The van der Waals surface area contributed by atoms with Gasteiger partial charge in [-0.05, 0) is 23.6 Å². The Morgan fingerprint density at radius 2 is 1.81 bits per heavy atom. The van der Waals surface area contributed by atoms with E-state index in [-0.39, 0.29) is 37.5 Å². The number of hydrogen-bond donors (Lipinski definition) is 3. The number of rotatable bonds is 10. The minimum absolute atomic E-state index is 0.0235. The van der Waals surface area contributed by atoms with Crippen molar-refractivity contribution in [3.63, 3.8) is 0 Å². The third-order valence-corrected chi connectivity index (χ3v) is 4.87. The first-order valence-corrected chi connectivity index (χ1v) is 10.2. The van der Waals surface area contributed by atoms with Gasteiger partial charge < -0.3 is 15.4 Å². The maximum atomic E-state index is 13.9. The zero-order chi connectivity index (χ0) is 22.9. The van der Waals surface area contributed by atoms with Gasteiger partial charge in [0.2, 0.25) is 5.91 Å². The van der Waals surface area contributed by atoms with Crippen molar-refractivity contribution < 1.29 is 13.9 Å². The van der Waals surface area contributed by atoms with Gasteiger partial charge >= 0.3 is 5.69 Å². The van der Waals surface area contributed by atoms with Gasteiger partial charge in [-0.15, -0.1) is 0 Å². The topological polar surface area (TPSA) is 105 Å². The van der Waals surface area contributed by atoms with Gasteiger partial charge in [-0.25, -0.2) is 9.18 Å². The Morgan fingerprint density at radius 1 is 1.09 bits per heavy atom. The Kier molecular flexibility index (Phi) is 7.93. The minimum Gasteiger partial charge on any atom is -0.383 e. The van der Waals surface area contributed by atoms with Crippen molar-refractivity contribution in [2.45, 2.75) is 25.9 Å². The van der Waals surface area contributed by atoms with Crippen LogP contribution in [0.1, 0.15) is 17.5 Å². The van der Waals surface area contributed by atoms with Crippen LogP contribution in [0.15, 0.2) is 64.2 Å². The van der Waals surface area contributed by atoms with Crippen LogP contribution in [0.4, 0.5) is 15.9 Å². The molecule has 1 amide bonds. The van der Waals surface area contributed by atoms with Crippen molar-refractivity contribution in [3.8, 4) is 0 Å². The quantitative estimate of drug-likeness (QED) is 0.449. The van der Waals surface area contributed by atoms with Crippen LogP contribution in [-0.2, 0) is 29.0 Å². The minimum atomic E-state index is -0.665. The number of aromatic amines is 1. The van der Waals surface area contributed by atoms with Crippen molar-refractivity contribution in [1.29, 1.82) is 0 Å². The lowest BCUT2D eigenvalue weighted by molar-refractivity contribution is -0.116. The van der Waals surface area contributed by atoms with Crippen LogP contribution >= 0.6 is 0 Å². The fourth-order valence-corrected chi connectivity index (χ4v) is 3.19. The van der Waals surface area contributed by atoms with Gasteiger partial charge in [0, 0.05) is 20.1 Å². The number of benzene rings is 2. The van der Waals surface area contributed by atoms with Crippen LogP contribution in [0.25, 0.3) is 0 Å². The van der Waals surface area contributed by atoms with Crippen molar-refractivity contribution in [1.82, 2.24) is 9.55 Å². The van der Waals surface area contributed by atoms with E-state index in [1.165, 1.54) is 17.7 Å². The number of anilines is 2. The Hall–Kier alpha value is -3.72. The summed E-state index contributed by atoms with van der Waals surface area (Å²) < 4.78 is 20.1. The number of aryl methyl sites for hydroxylation is 1. The molecule has 0 bridgehead atoms. The number of H-pyrrole nitrogens is 1. The van der Waals surface area contributed by atoms with Gasteiger partial charge in [0.15, 0.2) is 0 Å². The molecule has 0 aliphatic carbocycles. The van der Waals surface area contributed by atoms with Gasteiger partial charge in [0.05, 0.1) is 13.2 Å². The summed E-state index contributed by atoms with van der Waals surface area (Å²) in [6, 6.07) is 15.6. The second-order valence-corrected chi connectivity index (χ2v) is 7.11. The molecule has 0 saturated heterocycles. The summed E-state index contributed by atoms with van der Waals surface area (Å²) in [4.78, 5) is 39.9. The molecule has 3 rings (SSSR count). The van der Waals surface area contributed by atoms with E-state index in [2.05, 4.69) is 15.6 Å². The van der Waals surface area contributed by atoms with Crippen molar-refractivity contribution in [3.05, 3.63) is 92.4 Å². The summed E-state index contributed by atoms with van der Waals surface area (Å²) >= 11 is 0. The predicted molar refractivity (Wildman–Crippen MR) is 120 cm³/mol. The predicted octanol–water partition coefficient (Wildman–Crippen LogP) is 2.51. The van der Waals surface area contributed by atoms with Crippen LogP contribution in [0.2, 0.25) is 0 Å². The van der Waals surface area contributed by atoms with Crippen LogP contribution in [-0.4, -0.2) is 29.2 Å². The number of halogens is 1. The largest absolute Gasteiger partial charge is 0.383 e. The van der Waals surface area contributed by atoms with Gasteiger partial charge in [0.1, 0.15) is 17.3 Å². The molecule has 0 aliphatic rings. The van der Waals surface area contributed by atoms with Gasteiger partial charge in [-0.3, -0.25) is 19.1 Å². The zero-order valence-corrected chi connectivity index (χ0v) is 17.7. The molecule has 0 saturated carbocycles. The molecule has 0 spiro atoms. The maximum absolute atomic E-state index is 13.9.